The molecule has 0 radical (unpaired) electrons. The normalized spacial score (nSPS) is 16.1. The Morgan fingerprint density at radius 2 is 0.676 bits per heavy atom. The summed E-state index contributed by atoms with van der Waals surface area (Å²) in [6.45, 7) is 28.4. The van der Waals surface area contributed by atoms with Crippen molar-refractivity contribution in [2.75, 3.05) is 0 Å². The predicted molar refractivity (Wildman–Crippen MR) is 158 cm³/mol. The second-order valence-electron chi connectivity index (χ2n) is 11.2. The van der Waals surface area contributed by atoms with Crippen molar-refractivity contribution in [1.29, 1.82) is 0 Å². The van der Waals surface area contributed by atoms with Gasteiger partial charge in [0.15, 0.2) is 0 Å². The van der Waals surface area contributed by atoms with Gasteiger partial charge < -0.3 is 0 Å². The number of hydrogen-bond acceptors (Lipinski definition) is 4. The van der Waals surface area contributed by atoms with E-state index in [9.17, 15) is 0 Å². The molecule has 0 aromatic carbocycles. The van der Waals surface area contributed by atoms with Crippen molar-refractivity contribution in [2.24, 2.45) is 0 Å². The van der Waals surface area contributed by atoms with Gasteiger partial charge >= 0.3 is 0 Å². The summed E-state index contributed by atoms with van der Waals surface area (Å²) in [5.41, 5.74) is 12.2. The molecular weight excluding hydrogens is 489 g/mol. The lowest BCUT2D eigenvalue weighted by atomic mass is 9.57. The number of rotatable bonds is 2. The van der Waals surface area contributed by atoms with E-state index in [1.165, 1.54) is 72.4 Å². The molecular formula is C30H36S4. The molecule has 1 aliphatic carbocycles. The van der Waals surface area contributed by atoms with Crippen LogP contribution in [0.3, 0.4) is 0 Å². The summed E-state index contributed by atoms with van der Waals surface area (Å²) in [7, 11) is 0. The first-order chi connectivity index (χ1) is 15.7. The molecule has 0 N–H and O–H groups in total. The van der Waals surface area contributed by atoms with Crippen molar-refractivity contribution in [2.45, 2.75) is 93.9 Å². The van der Waals surface area contributed by atoms with Gasteiger partial charge in [0.2, 0.25) is 0 Å². The SMILES string of the molecule is Cc1sc(-c2sc(-c3sc4c(c3C)C(C)(C)C(C)(C)c3c-4sc(C)c3C)c(C)c2C)c(C)c1C. The van der Waals surface area contributed by atoms with Crippen molar-refractivity contribution in [3.05, 3.63) is 54.3 Å². The zero-order valence-corrected chi connectivity index (χ0v) is 25.9. The molecule has 180 valence electrons. The highest BCUT2D eigenvalue weighted by Gasteiger charge is 2.50. The van der Waals surface area contributed by atoms with Gasteiger partial charge in [-0.05, 0) is 99.9 Å². The molecule has 0 amide bonds. The lowest BCUT2D eigenvalue weighted by Crippen LogP contribution is -2.43. The average molecular weight is 525 g/mol. The van der Waals surface area contributed by atoms with E-state index in [1.54, 1.807) is 11.1 Å². The van der Waals surface area contributed by atoms with Gasteiger partial charge in [0.1, 0.15) is 0 Å². The molecule has 4 aromatic heterocycles. The minimum atomic E-state index is 0.0774. The molecule has 34 heavy (non-hydrogen) atoms. The zero-order valence-electron chi connectivity index (χ0n) is 22.6. The first kappa shape index (κ1) is 24.5. The van der Waals surface area contributed by atoms with Crippen LogP contribution in [-0.4, -0.2) is 0 Å². The largest absolute Gasteiger partial charge is 0.139 e. The standard InChI is InChI=1S/C30H36S4/c1-13-14(2)23(31-19(13)7)24-15(3)16(4)25(33-24)26-18(6)22-28(34-26)27-21(17(5)20(8)32-27)29(9,10)30(22,11)12/h1-12H3. The number of fused-ring (bicyclic) bond motifs is 3. The third kappa shape index (κ3) is 2.98. The molecule has 0 bridgehead atoms. The Labute approximate surface area is 221 Å². The highest BCUT2D eigenvalue weighted by molar-refractivity contribution is 7.29. The molecule has 0 saturated heterocycles. The van der Waals surface area contributed by atoms with E-state index in [0.29, 0.717) is 0 Å². The second kappa shape index (κ2) is 7.65. The van der Waals surface area contributed by atoms with Gasteiger partial charge in [-0.1, -0.05) is 27.7 Å². The van der Waals surface area contributed by atoms with E-state index < -0.39 is 0 Å². The van der Waals surface area contributed by atoms with Crippen LogP contribution in [0.4, 0.5) is 0 Å². The van der Waals surface area contributed by atoms with Crippen molar-refractivity contribution in [1.82, 2.24) is 0 Å². The molecule has 4 heterocycles. The first-order valence-electron chi connectivity index (χ1n) is 12.1. The Bertz CT molecular complexity index is 1470. The van der Waals surface area contributed by atoms with Gasteiger partial charge in [-0.2, -0.15) is 0 Å². The Hall–Kier alpha value is -1.20. The quantitative estimate of drug-likeness (QED) is 0.244. The fourth-order valence-corrected chi connectivity index (χ4v) is 11.7. The van der Waals surface area contributed by atoms with Crippen LogP contribution in [0.1, 0.15) is 82.0 Å². The third-order valence-electron chi connectivity index (χ3n) is 9.10. The maximum absolute atomic E-state index is 2.48. The number of hydrogen-bond donors (Lipinski definition) is 0. The molecule has 0 nitrogen and oxygen atoms in total. The molecule has 0 spiro atoms. The summed E-state index contributed by atoms with van der Waals surface area (Å²) in [5, 5.41) is 0. The minimum Gasteiger partial charge on any atom is -0.139 e. The summed E-state index contributed by atoms with van der Waals surface area (Å²) in [6, 6.07) is 0. The van der Waals surface area contributed by atoms with Gasteiger partial charge in [0.25, 0.3) is 0 Å². The minimum absolute atomic E-state index is 0.0774. The Morgan fingerprint density at radius 3 is 1.18 bits per heavy atom. The maximum Gasteiger partial charge on any atom is 0.0493 e. The van der Waals surface area contributed by atoms with E-state index in [1.807, 2.05) is 34.0 Å². The Balaban J connectivity index is 1.78. The number of thiophene rings is 4. The van der Waals surface area contributed by atoms with Crippen LogP contribution in [0.25, 0.3) is 29.3 Å². The highest BCUT2D eigenvalue weighted by atomic mass is 32.1. The van der Waals surface area contributed by atoms with Crippen molar-refractivity contribution in [3.8, 4) is 29.3 Å². The molecule has 0 unspecified atom stereocenters. The molecule has 4 heteroatoms. The molecule has 1 aliphatic rings. The highest BCUT2D eigenvalue weighted by Crippen LogP contribution is 2.62. The van der Waals surface area contributed by atoms with Crippen LogP contribution < -0.4 is 0 Å². The van der Waals surface area contributed by atoms with Crippen LogP contribution in [0.2, 0.25) is 0 Å². The summed E-state index contributed by atoms with van der Waals surface area (Å²) >= 11 is 8.05. The fraction of sp³-hybridized carbons (Fsp3) is 0.467. The van der Waals surface area contributed by atoms with E-state index in [2.05, 4.69) is 94.4 Å². The second-order valence-corrected chi connectivity index (χ2v) is 15.7. The zero-order chi connectivity index (χ0) is 25.1. The van der Waals surface area contributed by atoms with Crippen LogP contribution in [0.15, 0.2) is 0 Å². The van der Waals surface area contributed by atoms with Crippen LogP contribution >= 0.6 is 45.3 Å². The third-order valence-corrected chi connectivity index (χ3v) is 14.8. The fourth-order valence-electron chi connectivity index (χ4n) is 5.79. The predicted octanol–water partition coefficient (Wildman–Crippen LogP) is 11.0. The maximum atomic E-state index is 2.48. The smallest absolute Gasteiger partial charge is 0.0493 e. The molecule has 0 atom stereocenters. The monoisotopic (exact) mass is 524 g/mol. The summed E-state index contributed by atoms with van der Waals surface area (Å²) in [6.07, 6.45) is 0. The van der Waals surface area contributed by atoms with Crippen LogP contribution in [-0.2, 0) is 10.8 Å². The van der Waals surface area contributed by atoms with E-state index in [4.69, 9.17) is 0 Å². The Morgan fingerprint density at radius 1 is 0.353 bits per heavy atom. The van der Waals surface area contributed by atoms with Gasteiger partial charge in [-0.25, -0.2) is 0 Å². The molecule has 0 saturated carbocycles. The summed E-state index contributed by atoms with van der Waals surface area (Å²) in [4.78, 5) is 11.9. The van der Waals surface area contributed by atoms with E-state index in [0.717, 1.165) is 0 Å². The molecule has 0 fully saturated rings. The van der Waals surface area contributed by atoms with Crippen molar-refractivity contribution >= 4 is 45.3 Å². The number of aryl methyl sites for hydroxylation is 2. The Kier molecular flexibility index (Phi) is 5.51. The van der Waals surface area contributed by atoms with Crippen LogP contribution in [0, 0.1) is 55.4 Å². The van der Waals surface area contributed by atoms with Crippen molar-refractivity contribution < 1.29 is 0 Å². The van der Waals surface area contributed by atoms with Gasteiger partial charge in [-0.15, -0.1) is 45.3 Å². The van der Waals surface area contributed by atoms with Gasteiger partial charge in [-0.3, -0.25) is 0 Å². The average Bonchev–Trinajstić information content (AvgIpc) is 3.42. The van der Waals surface area contributed by atoms with E-state index >= 15 is 0 Å². The van der Waals surface area contributed by atoms with Gasteiger partial charge in [0.05, 0.1) is 0 Å². The lowest BCUT2D eigenvalue weighted by molar-refractivity contribution is 0.299. The van der Waals surface area contributed by atoms with Crippen molar-refractivity contribution in [3.63, 3.8) is 0 Å². The molecule has 4 aromatic rings. The topological polar surface area (TPSA) is 0 Å². The van der Waals surface area contributed by atoms with Gasteiger partial charge in [0, 0.05) is 49.8 Å². The summed E-state index contributed by atoms with van der Waals surface area (Å²) in [5.74, 6) is 0. The molecule has 0 aliphatic heterocycles. The van der Waals surface area contributed by atoms with E-state index in [-0.39, 0.29) is 10.8 Å². The summed E-state index contributed by atoms with van der Waals surface area (Å²) < 4.78 is 0. The first-order valence-corrected chi connectivity index (χ1v) is 15.4. The van der Waals surface area contributed by atoms with Crippen LogP contribution in [0.5, 0.6) is 0 Å². The lowest BCUT2D eigenvalue weighted by Gasteiger charge is -2.47. The molecule has 5 rings (SSSR count).